The summed E-state index contributed by atoms with van der Waals surface area (Å²) in [6, 6.07) is 2.07. The van der Waals surface area contributed by atoms with Crippen molar-refractivity contribution in [2.45, 2.75) is 69.7 Å². The average Bonchev–Trinajstić information content (AvgIpc) is 3.51. The van der Waals surface area contributed by atoms with Crippen molar-refractivity contribution in [1.82, 2.24) is 25.1 Å². The molecule has 0 aromatic carbocycles. The Morgan fingerprint density at radius 3 is 2.86 bits per heavy atom. The predicted molar refractivity (Wildman–Crippen MR) is 161 cm³/mol. The summed E-state index contributed by atoms with van der Waals surface area (Å²) >= 11 is 1.64. The van der Waals surface area contributed by atoms with Gasteiger partial charge in [-0.15, -0.1) is 11.3 Å². The first-order valence-electron chi connectivity index (χ1n) is 14.9. The SMILES string of the molecule is C=CC(=O)N1CCN(c2nc(OCC3CC(F)CN3C)nc3c2CC(C)C2(C3)Cc3scc(C)c3C(=O)N2)CC1CC#N. The summed E-state index contributed by atoms with van der Waals surface area (Å²) in [4.78, 5) is 42.6. The number of alkyl halides is 1. The molecule has 1 aliphatic carbocycles. The number of nitriles is 1. The summed E-state index contributed by atoms with van der Waals surface area (Å²) < 4.78 is 20.2. The Morgan fingerprint density at radius 2 is 2.14 bits per heavy atom. The maximum absolute atomic E-state index is 14.0. The molecule has 10 nitrogen and oxygen atoms in total. The zero-order valence-electron chi connectivity index (χ0n) is 24.9. The maximum Gasteiger partial charge on any atom is 0.318 e. The number of ether oxygens (including phenoxy) is 1. The number of rotatable bonds is 6. The first-order valence-corrected chi connectivity index (χ1v) is 15.8. The highest BCUT2D eigenvalue weighted by Crippen LogP contribution is 2.43. The van der Waals surface area contributed by atoms with Gasteiger partial charge in [0.15, 0.2) is 0 Å². The molecule has 1 spiro atoms. The molecule has 0 saturated carbocycles. The summed E-state index contributed by atoms with van der Waals surface area (Å²) in [7, 11) is 1.89. The van der Waals surface area contributed by atoms with Crippen LogP contribution in [-0.2, 0) is 24.1 Å². The minimum Gasteiger partial charge on any atom is -0.462 e. The molecule has 3 aliphatic heterocycles. The van der Waals surface area contributed by atoms with E-state index in [0.717, 1.165) is 39.5 Å². The van der Waals surface area contributed by atoms with Gasteiger partial charge >= 0.3 is 6.01 Å². The summed E-state index contributed by atoms with van der Waals surface area (Å²) in [5.74, 6) is 0.634. The van der Waals surface area contributed by atoms with Gasteiger partial charge in [0.1, 0.15) is 18.6 Å². The van der Waals surface area contributed by atoms with Gasteiger partial charge in [-0.2, -0.15) is 15.2 Å². The van der Waals surface area contributed by atoms with Gasteiger partial charge < -0.3 is 19.9 Å². The van der Waals surface area contributed by atoms with Gasteiger partial charge in [0, 0.05) is 55.5 Å². The number of nitrogens with one attached hydrogen (secondary N) is 1. The second-order valence-corrected chi connectivity index (χ2v) is 13.4. The molecule has 6 rings (SSSR count). The zero-order valence-corrected chi connectivity index (χ0v) is 25.8. The molecule has 2 aromatic rings. The Hall–Kier alpha value is -3.56. The van der Waals surface area contributed by atoms with E-state index >= 15 is 0 Å². The molecule has 0 bridgehead atoms. The van der Waals surface area contributed by atoms with Gasteiger partial charge in [-0.25, -0.2) is 4.39 Å². The Kier molecular flexibility index (Phi) is 7.89. The molecule has 2 saturated heterocycles. The molecule has 5 unspecified atom stereocenters. The highest BCUT2D eigenvalue weighted by atomic mass is 32.1. The van der Waals surface area contributed by atoms with Crippen LogP contribution in [-0.4, -0.2) is 95.2 Å². The first-order chi connectivity index (χ1) is 20.6. The van der Waals surface area contributed by atoms with E-state index in [1.54, 1.807) is 16.2 Å². The van der Waals surface area contributed by atoms with E-state index in [1.165, 1.54) is 6.08 Å². The molecular formula is C31H38FN7O3S. The Morgan fingerprint density at radius 1 is 1.33 bits per heavy atom. The van der Waals surface area contributed by atoms with E-state index < -0.39 is 11.7 Å². The van der Waals surface area contributed by atoms with Crippen LogP contribution >= 0.6 is 11.3 Å². The largest absolute Gasteiger partial charge is 0.462 e. The van der Waals surface area contributed by atoms with Crippen molar-refractivity contribution in [2.75, 3.05) is 44.7 Å². The third-order valence-electron chi connectivity index (χ3n) is 9.71. The standard InChI is InChI=1S/C31H38FN7O3S/c1-5-26(40)39-9-8-38(15-21(39)6-7-33)28-23-10-19(3)31(13-25-27(29(41)36-31)18(2)17-43-25)12-24(23)34-30(35-28)42-16-22-11-20(32)14-37(22)4/h5,17,19-22H,1,6,8-16H2,2-4H3,(H,36,41). The van der Waals surface area contributed by atoms with E-state index in [9.17, 15) is 19.2 Å². The van der Waals surface area contributed by atoms with Gasteiger partial charge in [-0.1, -0.05) is 13.5 Å². The lowest BCUT2D eigenvalue weighted by Gasteiger charge is -2.47. The van der Waals surface area contributed by atoms with Crippen LogP contribution in [0, 0.1) is 24.2 Å². The smallest absolute Gasteiger partial charge is 0.318 e. The van der Waals surface area contributed by atoms with Crippen LogP contribution in [0.1, 0.15) is 51.8 Å². The fourth-order valence-corrected chi connectivity index (χ4v) is 8.37. The third kappa shape index (κ3) is 5.38. The molecular weight excluding hydrogens is 569 g/mol. The zero-order chi connectivity index (χ0) is 30.5. The Labute approximate surface area is 255 Å². The fourth-order valence-electron chi connectivity index (χ4n) is 7.22. The molecule has 228 valence electrons. The number of piperazine rings is 1. The molecule has 2 amide bonds. The van der Waals surface area contributed by atoms with Gasteiger partial charge in [0.2, 0.25) is 5.91 Å². The molecule has 12 heteroatoms. The van der Waals surface area contributed by atoms with Crippen molar-refractivity contribution in [1.29, 1.82) is 5.26 Å². The number of anilines is 1. The third-order valence-corrected chi connectivity index (χ3v) is 10.8. The highest BCUT2D eigenvalue weighted by Gasteiger charge is 2.48. The van der Waals surface area contributed by atoms with Crippen LogP contribution in [0.2, 0.25) is 0 Å². The highest BCUT2D eigenvalue weighted by molar-refractivity contribution is 7.10. The van der Waals surface area contributed by atoms with Crippen molar-refractivity contribution in [3.63, 3.8) is 0 Å². The van der Waals surface area contributed by atoms with Crippen LogP contribution in [0.4, 0.5) is 10.2 Å². The van der Waals surface area contributed by atoms with Crippen molar-refractivity contribution in [3.05, 3.63) is 45.3 Å². The van der Waals surface area contributed by atoms with Gasteiger partial charge in [-0.3, -0.25) is 14.5 Å². The monoisotopic (exact) mass is 607 g/mol. The van der Waals surface area contributed by atoms with Gasteiger partial charge in [0.05, 0.1) is 35.3 Å². The number of nitrogens with zero attached hydrogens (tertiary/aromatic N) is 6. The second kappa shape index (κ2) is 11.5. The first kappa shape index (κ1) is 29.5. The lowest BCUT2D eigenvalue weighted by atomic mass is 9.68. The van der Waals surface area contributed by atoms with Gasteiger partial charge in [0.25, 0.3) is 5.91 Å². The van der Waals surface area contributed by atoms with E-state index in [1.807, 2.05) is 24.3 Å². The van der Waals surface area contributed by atoms with Crippen LogP contribution in [0.5, 0.6) is 6.01 Å². The number of fused-ring (bicyclic) bond motifs is 2. The van der Waals surface area contributed by atoms with E-state index in [0.29, 0.717) is 45.4 Å². The number of likely N-dealkylation sites (tertiary alicyclic amines) is 1. The maximum atomic E-state index is 14.0. The summed E-state index contributed by atoms with van der Waals surface area (Å²) in [5, 5.41) is 14.9. The number of carbonyl (C=O) groups excluding carboxylic acids is 2. The number of amides is 2. The van der Waals surface area contributed by atoms with Gasteiger partial charge in [-0.05, 0) is 49.8 Å². The Bertz CT molecular complexity index is 1490. The van der Waals surface area contributed by atoms with Crippen molar-refractivity contribution in [2.24, 2.45) is 5.92 Å². The Balaban J connectivity index is 1.35. The molecule has 5 heterocycles. The van der Waals surface area contributed by atoms with Crippen LogP contribution in [0.3, 0.4) is 0 Å². The molecule has 5 atom stereocenters. The number of aromatic nitrogens is 2. The summed E-state index contributed by atoms with van der Waals surface area (Å²) in [6.07, 6.45) is 2.93. The number of aryl methyl sites for hydroxylation is 1. The molecule has 2 fully saturated rings. The molecule has 43 heavy (non-hydrogen) atoms. The summed E-state index contributed by atoms with van der Waals surface area (Å²) in [6.45, 7) is 9.84. The summed E-state index contributed by atoms with van der Waals surface area (Å²) in [5.41, 5.74) is 3.16. The van der Waals surface area contributed by atoms with Crippen molar-refractivity contribution in [3.8, 4) is 12.1 Å². The van der Waals surface area contributed by atoms with Crippen LogP contribution in [0.25, 0.3) is 0 Å². The van der Waals surface area contributed by atoms with Crippen molar-refractivity contribution >= 4 is 29.0 Å². The topological polar surface area (TPSA) is 115 Å². The second-order valence-electron chi connectivity index (χ2n) is 12.5. The number of hydrogen-bond acceptors (Lipinski definition) is 9. The van der Waals surface area contributed by atoms with E-state index in [4.69, 9.17) is 14.7 Å². The molecule has 2 aromatic heterocycles. The number of halogens is 1. The minimum atomic E-state index is -0.882. The molecule has 4 aliphatic rings. The average molecular weight is 608 g/mol. The minimum absolute atomic E-state index is 0.0338. The van der Waals surface area contributed by atoms with Crippen LogP contribution < -0.4 is 15.0 Å². The molecule has 0 radical (unpaired) electrons. The normalized spacial score (nSPS) is 28.7. The number of hydrogen-bond donors (Lipinski definition) is 1. The lowest BCUT2D eigenvalue weighted by Crippen LogP contribution is -2.61. The van der Waals surface area contributed by atoms with E-state index in [-0.39, 0.29) is 48.9 Å². The predicted octanol–water partition coefficient (Wildman–Crippen LogP) is 2.84. The molecule has 1 N–H and O–H groups in total. The number of thiophene rings is 1. The van der Waals surface area contributed by atoms with Crippen molar-refractivity contribution < 1.29 is 18.7 Å². The quantitative estimate of drug-likeness (QED) is 0.499. The lowest BCUT2D eigenvalue weighted by molar-refractivity contribution is -0.128. The van der Waals surface area contributed by atoms with Crippen LogP contribution in [0.15, 0.2) is 18.0 Å². The fraction of sp³-hybridized carbons (Fsp3) is 0.581. The van der Waals surface area contributed by atoms with E-state index in [2.05, 4.69) is 29.8 Å². The number of likely N-dealkylation sites (N-methyl/N-ethyl adjacent to an activating group) is 1. The number of carbonyl (C=O) groups is 2.